The first-order valence-corrected chi connectivity index (χ1v) is 7.53. The number of hydrogen-bond donors (Lipinski definition) is 2. The van der Waals surface area contributed by atoms with E-state index in [-0.39, 0.29) is 30.5 Å². The Morgan fingerprint density at radius 1 is 1.08 bits per heavy atom. The first-order valence-electron chi connectivity index (χ1n) is 7.53. The van der Waals surface area contributed by atoms with Gasteiger partial charge < -0.3 is 15.5 Å². The summed E-state index contributed by atoms with van der Waals surface area (Å²) in [6.07, 6.45) is 0.164. The van der Waals surface area contributed by atoms with E-state index in [0.29, 0.717) is 5.69 Å². The van der Waals surface area contributed by atoms with Gasteiger partial charge in [-0.2, -0.15) is 0 Å². The topological polar surface area (TPSA) is 61.4 Å². The third-order valence-corrected chi connectivity index (χ3v) is 3.39. The molecule has 0 saturated heterocycles. The summed E-state index contributed by atoms with van der Waals surface area (Å²) in [5.74, 6) is -0.934. The van der Waals surface area contributed by atoms with Gasteiger partial charge in [0.2, 0.25) is 11.8 Å². The van der Waals surface area contributed by atoms with Gasteiger partial charge in [0.15, 0.2) is 0 Å². The minimum absolute atomic E-state index is 0.0817. The van der Waals surface area contributed by atoms with Crippen molar-refractivity contribution in [2.45, 2.75) is 6.42 Å². The summed E-state index contributed by atoms with van der Waals surface area (Å²) >= 11 is 0. The lowest BCUT2D eigenvalue weighted by molar-refractivity contribution is -0.126. The molecule has 0 aliphatic heterocycles. The Hall–Kier alpha value is -2.89. The molecule has 0 spiro atoms. The zero-order valence-electron chi connectivity index (χ0n) is 13.7. The average Bonchev–Trinajstić information content (AvgIpc) is 2.56. The van der Waals surface area contributed by atoms with E-state index in [1.165, 1.54) is 23.1 Å². The predicted molar refractivity (Wildman–Crippen MR) is 92.4 cm³/mol. The highest BCUT2D eigenvalue weighted by molar-refractivity contribution is 5.93. The lowest BCUT2D eigenvalue weighted by Gasteiger charge is -2.13. The second kappa shape index (κ2) is 8.10. The van der Waals surface area contributed by atoms with Crippen LogP contribution in [0.1, 0.15) is 5.56 Å². The fraction of sp³-hybridized carbons (Fsp3) is 0.222. The number of amides is 2. The molecule has 0 saturated carbocycles. The molecule has 2 amide bonds. The quantitative estimate of drug-likeness (QED) is 0.856. The molecule has 2 rings (SSSR count). The van der Waals surface area contributed by atoms with Crippen LogP contribution < -0.4 is 10.6 Å². The van der Waals surface area contributed by atoms with Crippen molar-refractivity contribution < 1.29 is 14.0 Å². The van der Waals surface area contributed by atoms with Gasteiger partial charge in [-0.25, -0.2) is 4.39 Å². The highest BCUT2D eigenvalue weighted by Gasteiger charge is 2.10. The maximum atomic E-state index is 13.9. The molecule has 0 aliphatic rings. The van der Waals surface area contributed by atoms with E-state index < -0.39 is 5.82 Å². The molecule has 0 atom stereocenters. The largest absolute Gasteiger partial charge is 0.376 e. The van der Waals surface area contributed by atoms with Gasteiger partial charge in [0.05, 0.1) is 18.7 Å². The van der Waals surface area contributed by atoms with Crippen LogP contribution in [0.5, 0.6) is 0 Å². The molecule has 0 radical (unpaired) electrons. The fourth-order valence-electron chi connectivity index (χ4n) is 2.04. The Morgan fingerprint density at radius 3 is 2.46 bits per heavy atom. The molecule has 0 aliphatic carbocycles. The standard InChI is InChI=1S/C18H20FN3O2/c1-22(2)18(24)12-20-14-8-9-15(19)16(11-14)21-17(23)10-13-6-4-3-5-7-13/h3-9,11,20H,10,12H2,1-2H3,(H,21,23). The van der Waals surface area contributed by atoms with Gasteiger partial charge in [-0.05, 0) is 23.8 Å². The van der Waals surface area contributed by atoms with E-state index in [2.05, 4.69) is 10.6 Å². The molecular weight excluding hydrogens is 309 g/mol. The molecule has 5 nitrogen and oxygen atoms in total. The number of nitrogens with one attached hydrogen (secondary N) is 2. The second-order valence-electron chi connectivity index (χ2n) is 5.55. The van der Waals surface area contributed by atoms with Crippen molar-refractivity contribution in [2.24, 2.45) is 0 Å². The number of likely N-dealkylation sites (N-methyl/N-ethyl adjacent to an activating group) is 1. The summed E-state index contributed by atoms with van der Waals surface area (Å²) in [4.78, 5) is 25.1. The first-order chi connectivity index (χ1) is 11.5. The number of halogens is 1. The number of carbonyl (C=O) groups is 2. The van der Waals surface area contributed by atoms with E-state index in [9.17, 15) is 14.0 Å². The Bertz CT molecular complexity index is 717. The average molecular weight is 329 g/mol. The number of hydrogen-bond acceptors (Lipinski definition) is 3. The Labute approximate surface area is 140 Å². The van der Waals surface area contributed by atoms with Gasteiger partial charge in [-0.15, -0.1) is 0 Å². The molecule has 0 fully saturated rings. The van der Waals surface area contributed by atoms with Gasteiger partial charge in [0.1, 0.15) is 5.82 Å². The molecule has 24 heavy (non-hydrogen) atoms. The number of benzene rings is 2. The number of anilines is 2. The summed E-state index contributed by atoms with van der Waals surface area (Å²) in [6.45, 7) is 0.0933. The molecule has 2 aromatic carbocycles. The van der Waals surface area contributed by atoms with Crippen molar-refractivity contribution in [1.29, 1.82) is 0 Å². The van der Waals surface area contributed by atoms with Crippen LogP contribution in [0.3, 0.4) is 0 Å². The van der Waals surface area contributed by atoms with Crippen LogP contribution in [0.4, 0.5) is 15.8 Å². The summed E-state index contributed by atoms with van der Waals surface area (Å²) < 4.78 is 13.9. The van der Waals surface area contributed by atoms with Gasteiger partial charge in [-0.1, -0.05) is 30.3 Å². The maximum absolute atomic E-state index is 13.9. The van der Waals surface area contributed by atoms with Crippen LogP contribution in [0.2, 0.25) is 0 Å². The van der Waals surface area contributed by atoms with E-state index in [1.54, 1.807) is 14.1 Å². The highest BCUT2D eigenvalue weighted by atomic mass is 19.1. The molecule has 0 aromatic heterocycles. The second-order valence-corrected chi connectivity index (χ2v) is 5.55. The monoisotopic (exact) mass is 329 g/mol. The smallest absolute Gasteiger partial charge is 0.241 e. The number of carbonyl (C=O) groups excluding carboxylic acids is 2. The molecule has 6 heteroatoms. The van der Waals surface area contributed by atoms with Gasteiger partial charge in [0.25, 0.3) is 0 Å². The molecule has 0 bridgehead atoms. The van der Waals surface area contributed by atoms with Crippen molar-refractivity contribution in [3.05, 3.63) is 59.9 Å². The van der Waals surface area contributed by atoms with Crippen molar-refractivity contribution in [3.8, 4) is 0 Å². The summed E-state index contributed by atoms with van der Waals surface area (Å²) in [6, 6.07) is 13.5. The summed E-state index contributed by atoms with van der Waals surface area (Å²) in [7, 11) is 3.31. The summed E-state index contributed by atoms with van der Waals surface area (Å²) in [5.41, 5.74) is 1.49. The third-order valence-electron chi connectivity index (χ3n) is 3.39. The normalized spacial score (nSPS) is 10.1. The Balaban J connectivity index is 2.00. The predicted octanol–water partition coefficient (Wildman–Crippen LogP) is 2.51. The van der Waals surface area contributed by atoms with Crippen molar-refractivity contribution >= 4 is 23.2 Å². The third kappa shape index (κ3) is 5.08. The number of nitrogens with zero attached hydrogens (tertiary/aromatic N) is 1. The van der Waals surface area contributed by atoms with Crippen LogP contribution >= 0.6 is 0 Å². The van der Waals surface area contributed by atoms with E-state index >= 15 is 0 Å². The maximum Gasteiger partial charge on any atom is 0.241 e. The molecule has 126 valence electrons. The highest BCUT2D eigenvalue weighted by Crippen LogP contribution is 2.20. The lowest BCUT2D eigenvalue weighted by Crippen LogP contribution is -2.28. The minimum Gasteiger partial charge on any atom is -0.376 e. The Kier molecular flexibility index (Phi) is 5.89. The van der Waals surface area contributed by atoms with Crippen LogP contribution in [-0.4, -0.2) is 37.4 Å². The SMILES string of the molecule is CN(C)C(=O)CNc1ccc(F)c(NC(=O)Cc2ccccc2)c1. The van der Waals surface area contributed by atoms with Crippen molar-refractivity contribution in [3.63, 3.8) is 0 Å². The van der Waals surface area contributed by atoms with Crippen molar-refractivity contribution in [1.82, 2.24) is 4.90 Å². The van der Waals surface area contributed by atoms with Crippen LogP contribution in [-0.2, 0) is 16.0 Å². The van der Waals surface area contributed by atoms with Crippen LogP contribution in [0.15, 0.2) is 48.5 Å². The summed E-state index contributed by atoms with van der Waals surface area (Å²) in [5, 5.41) is 5.47. The molecule has 2 aromatic rings. The first kappa shape index (κ1) is 17.5. The van der Waals surface area contributed by atoms with E-state index in [0.717, 1.165) is 5.56 Å². The molecule has 2 N–H and O–H groups in total. The van der Waals surface area contributed by atoms with Gasteiger partial charge in [-0.3, -0.25) is 9.59 Å². The molecule has 0 unspecified atom stereocenters. The van der Waals surface area contributed by atoms with Gasteiger partial charge in [0, 0.05) is 19.8 Å². The van der Waals surface area contributed by atoms with E-state index in [4.69, 9.17) is 0 Å². The Morgan fingerprint density at radius 2 is 1.79 bits per heavy atom. The minimum atomic E-state index is -0.527. The van der Waals surface area contributed by atoms with Gasteiger partial charge >= 0.3 is 0 Å². The van der Waals surface area contributed by atoms with E-state index in [1.807, 2.05) is 30.3 Å². The van der Waals surface area contributed by atoms with Crippen LogP contribution in [0.25, 0.3) is 0 Å². The fourth-order valence-corrected chi connectivity index (χ4v) is 2.04. The lowest BCUT2D eigenvalue weighted by atomic mass is 10.1. The zero-order chi connectivity index (χ0) is 17.5. The van der Waals surface area contributed by atoms with Crippen LogP contribution in [0, 0.1) is 5.82 Å². The number of rotatable bonds is 6. The molecular formula is C18H20FN3O2. The van der Waals surface area contributed by atoms with Crippen molar-refractivity contribution in [2.75, 3.05) is 31.3 Å². The molecule has 0 heterocycles. The zero-order valence-corrected chi connectivity index (χ0v) is 13.7.